The second kappa shape index (κ2) is 11.2. The van der Waals surface area contributed by atoms with E-state index >= 15 is 0 Å². The summed E-state index contributed by atoms with van der Waals surface area (Å²) >= 11 is 0. The summed E-state index contributed by atoms with van der Waals surface area (Å²) in [6.45, 7) is 9.99. The molecule has 0 bridgehead atoms. The monoisotopic (exact) mass is 568 g/mol. The molecule has 10 nitrogen and oxygen atoms in total. The van der Waals surface area contributed by atoms with E-state index in [4.69, 9.17) is 19.5 Å². The molecule has 1 aromatic heterocycles. The average molecular weight is 569 g/mol. The first-order valence-corrected chi connectivity index (χ1v) is 14.3. The molecular formula is C32H36N6O4. The van der Waals surface area contributed by atoms with Crippen LogP contribution in [0.4, 0.5) is 17.5 Å². The number of aliphatic imine (C=N–C) groups is 1. The fraction of sp³-hybridized carbons (Fsp3) is 0.375. The van der Waals surface area contributed by atoms with E-state index in [2.05, 4.69) is 22.2 Å². The quantitative estimate of drug-likeness (QED) is 0.321. The fourth-order valence-corrected chi connectivity index (χ4v) is 5.85. The third-order valence-electron chi connectivity index (χ3n) is 8.35. The van der Waals surface area contributed by atoms with Gasteiger partial charge in [-0.05, 0) is 56.0 Å². The number of nitrogens with zero attached hydrogens (tertiary/aromatic N) is 4. The number of ether oxygens (including phenoxy) is 2. The summed E-state index contributed by atoms with van der Waals surface area (Å²) in [7, 11) is 0. The maximum absolute atomic E-state index is 13.0. The van der Waals surface area contributed by atoms with Gasteiger partial charge >= 0.3 is 0 Å². The number of amides is 1. The summed E-state index contributed by atoms with van der Waals surface area (Å²) in [5.41, 5.74) is 3.12. The Kier molecular flexibility index (Phi) is 7.42. The molecule has 3 N–H and O–H groups in total. The van der Waals surface area contributed by atoms with Crippen LogP contribution >= 0.6 is 0 Å². The van der Waals surface area contributed by atoms with Crippen LogP contribution in [-0.4, -0.2) is 70.3 Å². The predicted molar refractivity (Wildman–Crippen MR) is 161 cm³/mol. The number of carbonyl (C=O) groups excluding carboxylic acids is 1. The van der Waals surface area contributed by atoms with E-state index in [1.54, 1.807) is 12.3 Å². The molecule has 2 aromatic carbocycles. The number of aliphatic hydroxyl groups is 1. The van der Waals surface area contributed by atoms with Crippen molar-refractivity contribution >= 4 is 29.3 Å². The molecule has 0 aliphatic carbocycles. The van der Waals surface area contributed by atoms with Crippen molar-refractivity contribution in [3.8, 4) is 0 Å². The van der Waals surface area contributed by atoms with Crippen molar-refractivity contribution in [1.82, 2.24) is 14.9 Å². The molecule has 218 valence electrons. The molecule has 0 saturated carbocycles. The van der Waals surface area contributed by atoms with Gasteiger partial charge in [0.25, 0.3) is 5.91 Å². The number of rotatable bonds is 9. The van der Waals surface area contributed by atoms with E-state index in [1.165, 1.54) is 0 Å². The number of benzene rings is 2. The predicted octanol–water partition coefficient (Wildman–Crippen LogP) is 4.57. The Bertz CT molecular complexity index is 1520. The van der Waals surface area contributed by atoms with Crippen LogP contribution < -0.4 is 10.6 Å². The molecule has 10 heteroatoms. The van der Waals surface area contributed by atoms with Gasteiger partial charge in [0.2, 0.25) is 11.8 Å². The van der Waals surface area contributed by atoms with E-state index < -0.39 is 11.6 Å². The van der Waals surface area contributed by atoms with E-state index in [0.29, 0.717) is 55.2 Å². The zero-order chi connectivity index (χ0) is 29.3. The van der Waals surface area contributed by atoms with Gasteiger partial charge in [-0.25, -0.2) is 9.98 Å². The second-order valence-electron chi connectivity index (χ2n) is 11.4. The number of carbonyl (C=O) groups is 1. The van der Waals surface area contributed by atoms with Gasteiger partial charge < -0.3 is 30.1 Å². The Hall–Kier alpha value is -4.28. The number of hydrogen-bond acceptors (Lipinski definition) is 9. The molecule has 3 aliphatic heterocycles. The summed E-state index contributed by atoms with van der Waals surface area (Å²) in [5.74, 6) is 1.32. The maximum atomic E-state index is 13.0. The van der Waals surface area contributed by atoms with Gasteiger partial charge in [-0.3, -0.25) is 4.79 Å². The maximum Gasteiger partial charge on any atom is 0.255 e. The van der Waals surface area contributed by atoms with Crippen molar-refractivity contribution in [2.75, 3.05) is 43.6 Å². The van der Waals surface area contributed by atoms with Gasteiger partial charge in [-0.15, -0.1) is 6.58 Å². The average Bonchev–Trinajstić information content (AvgIpc) is 3.48. The molecule has 6 rings (SSSR count). The number of hydrogen-bond donors (Lipinski definition) is 3. The first-order chi connectivity index (χ1) is 20.3. The van der Waals surface area contributed by atoms with Crippen LogP contribution in [-0.2, 0) is 15.0 Å². The molecule has 4 heterocycles. The highest BCUT2D eigenvalue weighted by Crippen LogP contribution is 2.40. The molecule has 3 aliphatic rings. The first-order valence-electron chi connectivity index (χ1n) is 14.3. The van der Waals surface area contributed by atoms with E-state index in [0.717, 1.165) is 29.7 Å². The van der Waals surface area contributed by atoms with Gasteiger partial charge in [0.05, 0.1) is 23.8 Å². The van der Waals surface area contributed by atoms with Gasteiger partial charge in [0.15, 0.2) is 0 Å². The normalized spacial score (nSPS) is 19.2. The number of aromatic nitrogens is 2. The van der Waals surface area contributed by atoms with E-state index in [-0.39, 0.29) is 18.1 Å². The lowest BCUT2D eigenvalue weighted by Crippen LogP contribution is -2.39. The van der Waals surface area contributed by atoms with Crippen molar-refractivity contribution in [3.05, 3.63) is 89.6 Å². The summed E-state index contributed by atoms with van der Waals surface area (Å²) < 4.78 is 11.7. The minimum absolute atomic E-state index is 0.0101. The zero-order valence-corrected chi connectivity index (χ0v) is 24.0. The highest BCUT2D eigenvalue weighted by molar-refractivity contribution is 6.01. The molecule has 42 heavy (non-hydrogen) atoms. The summed E-state index contributed by atoms with van der Waals surface area (Å²) in [5, 5.41) is 17.0. The van der Waals surface area contributed by atoms with Gasteiger partial charge in [-0.1, -0.05) is 36.4 Å². The van der Waals surface area contributed by atoms with Crippen molar-refractivity contribution in [2.45, 2.75) is 43.8 Å². The van der Waals surface area contributed by atoms with E-state index in [9.17, 15) is 9.90 Å². The van der Waals surface area contributed by atoms with Crippen LogP contribution in [0, 0.1) is 0 Å². The summed E-state index contributed by atoms with van der Waals surface area (Å²) in [6.07, 6.45) is 5.03. The van der Waals surface area contributed by atoms with Crippen molar-refractivity contribution in [3.63, 3.8) is 0 Å². The third-order valence-corrected chi connectivity index (χ3v) is 8.35. The molecule has 1 saturated heterocycles. The number of fused-ring (bicyclic) bond motifs is 1. The lowest BCUT2D eigenvalue weighted by Gasteiger charge is -2.31. The largest absolute Gasteiger partial charge is 0.475 e. The SMILES string of the molecule is C=CCN1C(=O)c2ccc(Nc3ncc(C4=NC5(CCOCC5)CO4)c(N[C@H](CO)c4ccccc4)n3)cc2C1(C)C. The van der Waals surface area contributed by atoms with Crippen molar-refractivity contribution in [2.24, 2.45) is 4.99 Å². The Morgan fingerprint density at radius 3 is 2.67 bits per heavy atom. The number of aliphatic hydroxyl groups excluding tert-OH is 1. The van der Waals surface area contributed by atoms with Crippen LogP contribution in [0.2, 0.25) is 0 Å². The van der Waals surface area contributed by atoms with Crippen LogP contribution in [0.1, 0.15) is 59.8 Å². The van der Waals surface area contributed by atoms with E-state index in [1.807, 2.05) is 67.3 Å². The van der Waals surface area contributed by atoms with Crippen molar-refractivity contribution in [1.29, 1.82) is 0 Å². The standard InChI is InChI=1S/C32H36N6O4/c1-4-14-38-29(40)23-11-10-22(17-25(23)31(38,2)3)34-30-33-18-24(28-37-32(20-42-28)12-15-41-16-13-32)27(36-30)35-26(19-39)21-8-6-5-7-9-21/h4-11,17-18,26,39H,1,12-16,19-20H2,2-3H3,(H2,33,34,35,36)/t26-/m1/s1. The molecule has 0 radical (unpaired) electrons. The van der Waals surface area contributed by atoms with Gasteiger partial charge in [0, 0.05) is 37.2 Å². The van der Waals surface area contributed by atoms with Crippen molar-refractivity contribution < 1.29 is 19.4 Å². The lowest BCUT2D eigenvalue weighted by atomic mass is 9.92. The molecule has 3 aromatic rings. The molecular weight excluding hydrogens is 532 g/mol. The minimum atomic E-state index is -0.488. The minimum Gasteiger partial charge on any atom is -0.475 e. The highest BCUT2D eigenvalue weighted by atomic mass is 16.5. The summed E-state index contributed by atoms with van der Waals surface area (Å²) in [4.78, 5) is 29.2. The fourth-order valence-electron chi connectivity index (χ4n) is 5.85. The van der Waals surface area contributed by atoms with Crippen LogP contribution in [0.15, 0.2) is 72.4 Å². The van der Waals surface area contributed by atoms with Gasteiger partial charge in [0.1, 0.15) is 18.0 Å². The van der Waals surface area contributed by atoms with Gasteiger partial charge in [-0.2, -0.15) is 4.98 Å². The molecule has 1 fully saturated rings. The van der Waals surface area contributed by atoms with Crippen LogP contribution in [0.3, 0.4) is 0 Å². The topological polar surface area (TPSA) is 121 Å². The Morgan fingerprint density at radius 1 is 1.14 bits per heavy atom. The third kappa shape index (κ3) is 5.12. The Labute approximate surface area is 245 Å². The number of nitrogens with one attached hydrogen (secondary N) is 2. The summed E-state index contributed by atoms with van der Waals surface area (Å²) in [6, 6.07) is 15.0. The molecule has 1 spiro atoms. The molecule has 1 amide bonds. The van der Waals surface area contributed by atoms with Crippen LogP contribution in [0.25, 0.3) is 0 Å². The second-order valence-corrected chi connectivity index (χ2v) is 11.4. The number of anilines is 3. The Morgan fingerprint density at radius 2 is 1.93 bits per heavy atom. The van der Waals surface area contributed by atoms with Crippen LogP contribution in [0.5, 0.6) is 0 Å². The smallest absolute Gasteiger partial charge is 0.255 e. The lowest BCUT2D eigenvalue weighted by molar-refractivity contribution is 0.0442. The zero-order valence-electron chi connectivity index (χ0n) is 24.0. The highest BCUT2D eigenvalue weighted by Gasteiger charge is 2.42. The molecule has 0 unspecified atom stereocenters. The first kappa shape index (κ1) is 27.9. The Balaban J connectivity index is 1.33. The molecule has 1 atom stereocenters.